The maximum Gasteiger partial charge on any atom is 0.311 e. The van der Waals surface area contributed by atoms with Gasteiger partial charge in [0.05, 0.1) is 12.0 Å². The minimum Gasteiger partial charge on any atom is -0.481 e. The van der Waals surface area contributed by atoms with Crippen molar-refractivity contribution in [3.8, 4) is 0 Å². The summed E-state index contributed by atoms with van der Waals surface area (Å²) in [6.45, 7) is 1.56. The molecule has 1 rings (SSSR count). The number of carboxylic acids is 1. The van der Waals surface area contributed by atoms with Gasteiger partial charge in [-0.3, -0.25) is 4.79 Å². The number of hydrogen-bond acceptors (Lipinski definition) is 2. The molecule has 2 N–H and O–H groups in total. The summed E-state index contributed by atoms with van der Waals surface area (Å²) in [5.41, 5.74) is 0.549. The average molecular weight is 229 g/mol. The monoisotopic (exact) mass is 228 g/mol. The van der Waals surface area contributed by atoms with Crippen LogP contribution < -0.4 is 0 Å². The van der Waals surface area contributed by atoms with Gasteiger partial charge in [-0.1, -0.05) is 29.8 Å². The van der Waals surface area contributed by atoms with Crippen LogP contribution in [0, 0.1) is 0 Å². The molecule has 0 spiro atoms. The van der Waals surface area contributed by atoms with Gasteiger partial charge in [-0.2, -0.15) is 0 Å². The molecule has 0 radical (unpaired) electrons. The van der Waals surface area contributed by atoms with E-state index in [9.17, 15) is 9.90 Å². The van der Waals surface area contributed by atoms with Crippen LogP contribution in [-0.2, 0) is 4.79 Å². The highest BCUT2D eigenvalue weighted by Gasteiger charge is 2.23. The number of carboxylic acid groups (broad SMARTS) is 1. The fourth-order valence-corrected chi connectivity index (χ4v) is 1.73. The smallest absolute Gasteiger partial charge is 0.311 e. The summed E-state index contributed by atoms with van der Waals surface area (Å²) in [6.07, 6.45) is -0.499. The summed E-state index contributed by atoms with van der Waals surface area (Å²) >= 11 is 5.90. The van der Waals surface area contributed by atoms with Crippen molar-refractivity contribution in [2.75, 3.05) is 0 Å². The molecule has 0 heterocycles. The Kier molecular flexibility index (Phi) is 4.12. The third kappa shape index (κ3) is 3.22. The van der Waals surface area contributed by atoms with Crippen molar-refractivity contribution >= 4 is 17.6 Å². The fraction of sp³-hybridized carbons (Fsp3) is 0.364. The summed E-state index contributed by atoms with van der Waals surface area (Å²) in [4.78, 5) is 11.0. The van der Waals surface area contributed by atoms with Crippen LogP contribution >= 0.6 is 11.6 Å². The summed E-state index contributed by atoms with van der Waals surface area (Å²) < 4.78 is 0. The number of benzene rings is 1. The molecule has 0 bridgehead atoms. The zero-order valence-corrected chi connectivity index (χ0v) is 9.11. The van der Waals surface area contributed by atoms with Gasteiger partial charge in [-0.05, 0) is 25.0 Å². The first-order valence-electron chi connectivity index (χ1n) is 4.67. The first-order valence-corrected chi connectivity index (χ1v) is 5.05. The largest absolute Gasteiger partial charge is 0.481 e. The van der Waals surface area contributed by atoms with Crippen LogP contribution in [0.4, 0.5) is 0 Å². The molecule has 1 aromatic rings. The zero-order chi connectivity index (χ0) is 11.4. The lowest BCUT2D eigenvalue weighted by Crippen LogP contribution is -2.17. The highest BCUT2D eigenvalue weighted by molar-refractivity contribution is 6.31. The van der Waals surface area contributed by atoms with Crippen molar-refractivity contribution in [1.29, 1.82) is 0 Å². The van der Waals surface area contributed by atoms with Gasteiger partial charge in [0, 0.05) is 5.02 Å². The molecule has 0 saturated heterocycles. The number of aliphatic hydroxyl groups is 1. The van der Waals surface area contributed by atoms with Crippen molar-refractivity contribution in [2.24, 2.45) is 0 Å². The van der Waals surface area contributed by atoms with E-state index in [1.165, 1.54) is 0 Å². The molecule has 3 nitrogen and oxygen atoms in total. The SMILES string of the molecule is CC(O)CC(C(=O)O)c1ccccc1Cl. The van der Waals surface area contributed by atoms with Crippen molar-refractivity contribution in [1.82, 2.24) is 0 Å². The van der Waals surface area contributed by atoms with Crippen LogP contribution in [0.2, 0.25) is 5.02 Å². The Morgan fingerprint density at radius 2 is 2.07 bits per heavy atom. The molecule has 0 aliphatic heterocycles. The molecule has 4 heteroatoms. The van der Waals surface area contributed by atoms with Gasteiger partial charge in [-0.15, -0.1) is 0 Å². The van der Waals surface area contributed by atoms with Crippen LogP contribution in [0.25, 0.3) is 0 Å². The number of carbonyl (C=O) groups is 1. The molecule has 1 aromatic carbocycles. The number of aliphatic carboxylic acids is 1. The number of halogens is 1. The normalized spacial score (nSPS) is 14.6. The van der Waals surface area contributed by atoms with Gasteiger partial charge in [0.15, 0.2) is 0 Å². The minimum absolute atomic E-state index is 0.166. The average Bonchev–Trinajstić information content (AvgIpc) is 2.15. The first-order chi connectivity index (χ1) is 7.02. The van der Waals surface area contributed by atoms with E-state index in [0.717, 1.165) is 0 Å². The third-order valence-corrected chi connectivity index (χ3v) is 2.50. The molecule has 0 amide bonds. The van der Waals surface area contributed by atoms with Gasteiger partial charge < -0.3 is 10.2 Å². The van der Waals surface area contributed by atoms with Gasteiger partial charge >= 0.3 is 5.97 Å². The first kappa shape index (κ1) is 12.0. The number of rotatable bonds is 4. The minimum atomic E-state index is -0.969. The van der Waals surface area contributed by atoms with Crippen LogP contribution in [0.15, 0.2) is 24.3 Å². The van der Waals surface area contributed by atoms with Crippen LogP contribution in [0.1, 0.15) is 24.8 Å². The van der Waals surface area contributed by atoms with Crippen molar-refractivity contribution in [3.05, 3.63) is 34.9 Å². The van der Waals surface area contributed by atoms with Crippen molar-refractivity contribution < 1.29 is 15.0 Å². The van der Waals surface area contributed by atoms with E-state index in [2.05, 4.69) is 0 Å². The second kappa shape index (κ2) is 5.14. The van der Waals surface area contributed by atoms with Gasteiger partial charge in [0.2, 0.25) is 0 Å². The third-order valence-electron chi connectivity index (χ3n) is 2.16. The highest BCUT2D eigenvalue weighted by Crippen LogP contribution is 2.28. The molecule has 0 aliphatic carbocycles. The van der Waals surface area contributed by atoms with Crippen LogP contribution in [-0.4, -0.2) is 22.3 Å². The molecule has 0 fully saturated rings. The predicted molar refractivity (Wildman–Crippen MR) is 58.1 cm³/mol. The van der Waals surface area contributed by atoms with Crippen molar-refractivity contribution in [2.45, 2.75) is 25.4 Å². The molecule has 0 aliphatic rings. The highest BCUT2D eigenvalue weighted by atomic mass is 35.5. The Balaban J connectivity index is 2.99. The molecule has 15 heavy (non-hydrogen) atoms. The Labute approximate surface area is 93.3 Å². The number of hydrogen-bond donors (Lipinski definition) is 2. The number of aliphatic hydroxyl groups excluding tert-OH is 1. The zero-order valence-electron chi connectivity index (χ0n) is 8.35. The van der Waals surface area contributed by atoms with Gasteiger partial charge in [0.25, 0.3) is 0 Å². The lowest BCUT2D eigenvalue weighted by molar-refractivity contribution is -0.139. The molecular weight excluding hydrogens is 216 g/mol. The maximum absolute atomic E-state index is 11.0. The Morgan fingerprint density at radius 1 is 1.47 bits per heavy atom. The van der Waals surface area contributed by atoms with E-state index in [1.54, 1.807) is 31.2 Å². The quantitative estimate of drug-likeness (QED) is 0.831. The Morgan fingerprint density at radius 3 is 2.53 bits per heavy atom. The van der Waals surface area contributed by atoms with Gasteiger partial charge in [0.1, 0.15) is 0 Å². The van der Waals surface area contributed by atoms with E-state index in [1.807, 2.05) is 0 Å². The molecule has 82 valence electrons. The molecular formula is C11H13ClO3. The van der Waals surface area contributed by atoms with Crippen molar-refractivity contribution in [3.63, 3.8) is 0 Å². The van der Waals surface area contributed by atoms with E-state index in [-0.39, 0.29) is 6.42 Å². The van der Waals surface area contributed by atoms with E-state index < -0.39 is 18.0 Å². The topological polar surface area (TPSA) is 57.5 Å². The van der Waals surface area contributed by atoms with Gasteiger partial charge in [-0.25, -0.2) is 0 Å². The molecule has 0 aromatic heterocycles. The summed E-state index contributed by atoms with van der Waals surface area (Å²) in [6, 6.07) is 6.80. The standard InChI is InChI=1S/C11H13ClO3/c1-7(13)6-9(11(14)15)8-4-2-3-5-10(8)12/h2-5,7,9,13H,6H2,1H3,(H,14,15). The Bertz CT molecular complexity index is 349. The summed E-state index contributed by atoms with van der Waals surface area (Å²) in [7, 11) is 0. The Hall–Kier alpha value is -1.06. The second-order valence-corrected chi connectivity index (χ2v) is 3.90. The summed E-state index contributed by atoms with van der Waals surface area (Å²) in [5.74, 6) is -1.72. The maximum atomic E-state index is 11.0. The molecule has 2 atom stereocenters. The predicted octanol–water partition coefficient (Wildman–Crippen LogP) is 2.28. The lowest BCUT2D eigenvalue weighted by atomic mass is 9.93. The molecule has 2 unspecified atom stereocenters. The lowest BCUT2D eigenvalue weighted by Gasteiger charge is -2.15. The summed E-state index contributed by atoms with van der Waals surface area (Å²) in [5, 5.41) is 18.7. The van der Waals surface area contributed by atoms with Crippen LogP contribution in [0.3, 0.4) is 0 Å². The second-order valence-electron chi connectivity index (χ2n) is 3.50. The van der Waals surface area contributed by atoms with E-state index in [0.29, 0.717) is 10.6 Å². The van der Waals surface area contributed by atoms with E-state index >= 15 is 0 Å². The van der Waals surface area contributed by atoms with E-state index in [4.69, 9.17) is 16.7 Å². The molecule has 0 saturated carbocycles. The van der Waals surface area contributed by atoms with Crippen LogP contribution in [0.5, 0.6) is 0 Å². The fourth-order valence-electron chi connectivity index (χ4n) is 1.46.